The molecule has 0 saturated carbocycles. The first kappa shape index (κ1) is 15.2. The van der Waals surface area contributed by atoms with Crippen LogP contribution in [0, 0.1) is 0 Å². The van der Waals surface area contributed by atoms with Crippen molar-refractivity contribution in [1.82, 2.24) is 9.80 Å². The number of nitrogens with zero attached hydrogens (tertiary/aromatic N) is 2. The SMILES string of the molecule is C=CCN1CC[Si](C)(CN2C(=O)c3ccccc3C2=O)CC1. The van der Waals surface area contributed by atoms with Crippen molar-refractivity contribution in [3.05, 3.63) is 48.0 Å². The Balaban J connectivity index is 1.71. The van der Waals surface area contributed by atoms with Gasteiger partial charge in [-0.1, -0.05) is 24.8 Å². The monoisotopic (exact) mass is 314 g/mol. The molecule has 0 aromatic heterocycles. The van der Waals surface area contributed by atoms with Crippen LogP contribution in [0.15, 0.2) is 36.9 Å². The lowest BCUT2D eigenvalue weighted by atomic mass is 10.1. The molecular formula is C17H22N2O2Si. The van der Waals surface area contributed by atoms with Crippen LogP contribution in [-0.4, -0.2) is 55.5 Å². The molecule has 1 aromatic carbocycles. The number of amides is 2. The van der Waals surface area contributed by atoms with Gasteiger partial charge >= 0.3 is 0 Å². The molecule has 0 radical (unpaired) electrons. The molecule has 1 saturated heterocycles. The van der Waals surface area contributed by atoms with Gasteiger partial charge in [0.05, 0.1) is 19.2 Å². The molecule has 3 rings (SSSR count). The maximum Gasteiger partial charge on any atom is 0.261 e. The number of hydrogen-bond acceptors (Lipinski definition) is 3. The Morgan fingerprint density at radius 1 is 1.14 bits per heavy atom. The summed E-state index contributed by atoms with van der Waals surface area (Å²) >= 11 is 0. The largest absolute Gasteiger partial charge is 0.300 e. The second-order valence-corrected chi connectivity index (χ2v) is 11.6. The number of rotatable bonds is 4. The minimum atomic E-state index is -1.59. The molecular weight excluding hydrogens is 292 g/mol. The van der Waals surface area contributed by atoms with E-state index >= 15 is 0 Å². The number of fused-ring (bicyclic) bond motifs is 1. The Kier molecular flexibility index (Phi) is 4.01. The lowest BCUT2D eigenvalue weighted by Gasteiger charge is -2.39. The van der Waals surface area contributed by atoms with E-state index in [4.69, 9.17) is 0 Å². The van der Waals surface area contributed by atoms with Crippen LogP contribution in [0.5, 0.6) is 0 Å². The molecule has 4 nitrogen and oxygen atoms in total. The summed E-state index contributed by atoms with van der Waals surface area (Å²) in [4.78, 5) is 28.9. The van der Waals surface area contributed by atoms with Crippen molar-refractivity contribution < 1.29 is 9.59 Å². The minimum absolute atomic E-state index is 0.108. The predicted molar refractivity (Wildman–Crippen MR) is 89.7 cm³/mol. The van der Waals surface area contributed by atoms with Crippen LogP contribution in [0.4, 0.5) is 0 Å². The fraction of sp³-hybridized carbons (Fsp3) is 0.412. The van der Waals surface area contributed by atoms with Gasteiger partial charge in [0, 0.05) is 12.7 Å². The topological polar surface area (TPSA) is 40.6 Å². The van der Waals surface area contributed by atoms with Crippen LogP contribution < -0.4 is 0 Å². The summed E-state index contributed by atoms with van der Waals surface area (Å²) < 4.78 is 0. The zero-order valence-electron chi connectivity index (χ0n) is 13.0. The maximum absolute atomic E-state index is 12.5. The summed E-state index contributed by atoms with van der Waals surface area (Å²) in [6.07, 6.45) is 2.59. The molecule has 0 aliphatic carbocycles. The maximum atomic E-state index is 12.5. The van der Waals surface area contributed by atoms with Crippen LogP contribution in [-0.2, 0) is 0 Å². The summed E-state index contributed by atoms with van der Waals surface area (Å²) in [7, 11) is -1.59. The van der Waals surface area contributed by atoms with Gasteiger partial charge in [-0.3, -0.25) is 14.5 Å². The predicted octanol–water partition coefficient (Wildman–Crippen LogP) is 2.40. The first-order chi connectivity index (χ1) is 10.5. The van der Waals surface area contributed by atoms with E-state index in [-0.39, 0.29) is 11.8 Å². The van der Waals surface area contributed by atoms with Crippen molar-refractivity contribution in [3.63, 3.8) is 0 Å². The van der Waals surface area contributed by atoms with Crippen molar-refractivity contribution in [2.24, 2.45) is 0 Å². The lowest BCUT2D eigenvalue weighted by molar-refractivity contribution is 0.0676. The van der Waals surface area contributed by atoms with E-state index in [1.54, 1.807) is 12.1 Å². The highest BCUT2D eigenvalue weighted by Crippen LogP contribution is 2.28. The molecule has 22 heavy (non-hydrogen) atoms. The average molecular weight is 314 g/mol. The van der Waals surface area contributed by atoms with Gasteiger partial charge in [0.15, 0.2) is 0 Å². The minimum Gasteiger partial charge on any atom is -0.300 e. The van der Waals surface area contributed by atoms with Crippen molar-refractivity contribution >= 4 is 19.9 Å². The molecule has 0 unspecified atom stereocenters. The third-order valence-corrected chi connectivity index (χ3v) is 8.81. The molecule has 2 aliphatic rings. The van der Waals surface area contributed by atoms with Crippen molar-refractivity contribution in [3.8, 4) is 0 Å². The Bertz CT molecular complexity index is 586. The van der Waals surface area contributed by atoms with E-state index in [0.717, 1.165) is 31.7 Å². The van der Waals surface area contributed by atoms with Gasteiger partial charge in [0.2, 0.25) is 0 Å². The standard InChI is InChI=1S/C17H22N2O2Si/c1-3-8-18-9-11-22(2,12-10-18)13-19-16(20)14-6-4-5-7-15(14)17(19)21/h3-7H,1,8-13H2,2H3. The summed E-state index contributed by atoms with van der Waals surface area (Å²) in [5.74, 6) is -0.217. The number of imide groups is 1. The molecule has 116 valence electrons. The first-order valence-electron chi connectivity index (χ1n) is 7.82. The van der Waals surface area contributed by atoms with Gasteiger partial charge in [-0.25, -0.2) is 0 Å². The van der Waals surface area contributed by atoms with E-state index < -0.39 is 8.07 Å². The van der Waals surface area contributed by atoms with Gasteiger partial charge in [-0.15, -0.1) is 6.58 Å². The highest BCUT2D eigenvalue weighted by atomic mass is 28.3. The smallest absolute Gasteiger partial charge is 0.261 e. The van der Waals surface area contributed by atoms with E-state index in [9.17, 15) is 9.59 Å². The van der Waals surface area contributed by atoms with E-state index in [0.29, 0.717) is 17.3 Å². The van der Waals surface area contributed by atoms with Crippen LogP contribution in [0.3, 0.4) is 0 Å². The Labute approximate surface area is 132 Å². The molecule has 0 atom stereocenters. The van der Waals surface area contributed by atoms with E-state index in [1.165, 1.54) is 4.90 Å². The Morgan fingerprint density at radius 2 is 1.68 bits per heavy atom. The normalized spacial score (nSPS) is 21.0. The Morgan fingerprint density at radius 3 is 2.18 bits per heavy atom. The van der Waals surface area contributed by atoms with E-state index in [1.807, 2.05) is 18.2 Å². The number of carbonyl (C=O) groups is 2. The molecule has 5 heteroatoms. The summed E-state index contributed by atoms with van der Waals surface area (Å²) in [6, 6.07) is 9.42. The fourth-order valence-corrected chi connectivity index (χ4v) is 6.71. The molecule has 0 spiro atoms. The van der Waals surface area contributed by atoms with Crippen molar-refractivity contribution in [2.45, 2.75) is 18.6 Å². The van der Waals surface area contributed by atoms with E-state index in [2.05, 4.69) is 18.0 Å². The first-order valence-corrected chi connectivity index (χ1v) is 10.9. The van der Waals surface area contributed by atoms with Crippen LogP contribution in [0.1, 0.15) is 20.7 Å². The van der Waals surface area contributed by atoms with Gasteiger partial charge < -0.3 is 4.90 Å². The van der Waals surface area contributed by atoms with Gasteiger partial charge in [-0.05, 0) is 37.3 Å². The van der Waals surface area contributed by atoms with Crippen LogP contribution in [0.25, 0.3) is 0 Å². The molecule has 0 bridgehead atoms. The van der Waals surface area contributed by atoms with Gasteiger partial charge in [-0.2, -0.15) is 0 Å². The quantitative estimate of drug-likeness (QED) is 0.487. The Hall–Kier alpha value is -1.72. The average Bonchev–Trinajstić information content (AvgIpc) is 2.76. The van der Waals surface area contributed by atoms with Crippen molar-refractivity contribution in [1.29, 1.82) is 0 Å². The van der Waals surface area contributed by atoms with Gasteiger partial charge in [0.25, 0.3) is 11.8 Å². The molecule has 0 N–H and O–H groups in total. The zero-order chi connectivity index (χ0) is 15.7. The fourth-order valence-electron chi connectivity index (χ4n) is 3.38. The molecule has 1 fully saturated rings. The number of carbonyl (C=O) groups excluding carboxylic acids is 2. The summed E-state index contributed by atoms with van der Waals surface area (Å²) in [5.41, 5.74) is 1.13. The summed E-state index contributed by atoms with van der Waals surface area (Å²) in [6.45, 7) is 9.15. The lowest BCUT2D eigenvalue weighted by Crippen LogP contribution is -2.53. The second kappa shape index (κ2) is 5.82. The number of benzene rings is 1. The third-order valence-electron chi connectivity index (χ3n) is 4.87. The van der Waals surface area contributed by atoms with Crippen LogP contribution in [0.2, 0.25) is 18.6 Å². The second-order valence-electron chi connectivity index (χ2n) is 6.64. The molecule has 2 amide bonds. The molecule has 2 aliphatic heterocycles. The number of hydrogen-bond donors (Lipinski definition) is 0. The third kappa shape index (κ3) is 2.66. The molecule has 2 heterocycles. The zero-order valence-corrected chi connectivity index (χ0v) is 14.0. The molecule has 1 aromatic rings. The van der Waals surface area contributed by atoms with Crippen LogP contribution >= 0.6 is 0 Å². The highest BCUT2D eigenvalue weighted by Gasteiger charge is 2.41. The van der Waals surface area contributed by atoms with Crippen molar-refractivity contribution in [2.75, 3.05) is 25.8 Å². The highest BCUT2D eigenvalue weighted by molar-refractivity contribution is 6.79. The van der Waals surface area contributed by atoms with Gasteiger partial charge in [0.1, 0.15) is 0 Å². The summed E-state index contributed by atoms with van der Waals surface area (Å²) in [5, 5.41) is 0.